The van der Waals surface area contributed by atoms with Crippen molar-refractivity contribution in [3.63, 3.8) is 0 Å². The monoisotopic (exact) mass is 379 g/mol. The maximum Gasteiger partial charge on any atom is 0.324 e. The van der Waals surface area contributed by atoms with Crippen LogP contribution in [-0.4, -0.2) is 53.3 Å². The number of amides is 4. The van der Waals surface area contributed by atoms with Gasteiger partial charge in [0.25, 0.3) is 0 Å². The number of nitrogens with one attached hydrogen (secondary N) is 1. The molecule has 0 unspecified atom stereocenters. The van der Waals surface area contributed by atoms with Crippen LogP contribution in [-0.2, 0) is 16.0 Å². The van der Waals surface area contributed by atoms with E-state index in [9.17, 15) is 14.4 Å². The van der Waals surface area contributed by atoms with Gasteiger partial charge in [0.15, 0.2) is 0 Å². The third kappa shape index (κ3) is 3.39. The van der Waals surface area contributed by atoms with Crippen LogP contribution in [0.5, 0.6) is 0 Å². The smallest absolute Gasteiger partial charge is 0.324 e. The average Bonchev–Trinajstić information content (AvgIpc) is 3.13. The van der Waals surface area contributed by atoms with E-state index in [1.165, 1.54) is 4.90 Å². The molecular formula is C16H18BrN3O3. The van der Waals surface area contributed by atoms with Crippen LogP contribution in [0.25, 0.3) is 0 Å². The first-order chi connectivity index (χ1) is 11.1. The lowest BCUT2D eigenvalue weighted by Gasteiger charge is -2.21. The summed E-state index contributed by atoms with van der Waals surface area (Å²) in [6, 6.07) is 7.31. The Balaban J connectivity index is 1.54. The Morgan fingerprint density at radius 2 is 2.09 bits per heavy atom. The second-order valence-electron chi connectivity index (χ2n) is 5.80. The molecule has 2 saturated heterocycles. The van der Waals surface area contributed by atoms with Gasteiger partial charge in [0.05, 0.1) is 12.6 Å². The van der Waals surface area contributed by atoms with Crippen molar-refractivity contribution in [3.8, 4) is 0 Å². The molecule has 2 aliphatic rings. The van der Waals surface area contributed by atoms with Gasteiger partial charge in [0.2, 0.25) is 11.8 Å². The average molecular weight is 380 g/mol. The number of hydrogen-bond acceptors (Lipinski definition) is 3. The zero-order valence-electron chi connectivity index (χ0n) is 12.6. The molecule has 1 aromatic carbocycles. The number of hydrogen-bond donors (Lipinski definition) is 1. The summed E-state index contributed by atoms with van der Waals surface area (Å²) < 4.78 is 1.01. The topological polar surface area (TPSA) is 69.7 Å². The number of imide groups is 1. The minimum absolute atomic E-state index is 0.0608. The second-order valence-corrected chi connectivity index (χ2v) is 6.65. The molecule has 1 atom stereocenters. The first-order valence-corrected chi connectivity index (χ1v) is 8.46. The molecule has 0 aromatic heterocycles. The van der Waals surface area contributed by atoms with Crippen LogP contribution >= 0.6 is 15.9 Å². The van der Waals surface area contributed by atoms with Gasteiger partial charge < -0.3 is 10.2 Å². The number of rotatable bonds is 4. The molecule has 2 aliphatic heterocycles. The Bertz CT molecular complexity index is 633. The molecule has 122 valence electrons. The van der Waals surface area contributed by atoms with Gasteiger partial charge in [-0.05, 0) is 24.5 Å². The molecule has 3 rings (SSSR count). The molecule has 6 nitrogen and oxygen atoms in total. The minimum Gasteiger partial charge on any atom is -0.341 e. The third-order valence-electron chi connectivity index (χ3n) is 4.33. The number of urea groups is 1. The third-order valence-corrected chi connectivity index (χ3v) is 5.10. The van der Waals surface area contributed by atoms with Crippen molar-refractivity contribution in [3.05, 3.63) is 34.3 Å². The molecule has 4 amide bonds. The molecule has 0 bridgehead atoms. The summed E-state index contributed by atoms with van der Waals surface area (Å²) >= 11 is 3.48. The molecule has 0 radical (unpaired) electrons. The number of benzene rings is 1. The van der Waals surface area contributed by atoms with E-state index < -0.39 is 0 Å². The molecule has 2 fully saturated rings. The van der Waals surface area contributed by atoms with E-state index in [0.717, 1.165) is 10.0 Å². The minimum atomic E-state index is -0.345. The van der Waals surface area contributed by atoms with Gasteiger partial charge in [-0.1, -0.05) is 34.1 Å². The molecule has 1 aromatic rings. The Kier molecular flexibility index (Phi) is 4.66. The van der Waals surface area contributed by atoms with Crippen molar-refractivity contribution < 1.29 is 14.4 Å². The number of carbonyl (C=O) groups is 3. The van der Waals surface area contributed by atoms with E-state index in [1.54, 1.807) is 4.90 Å². The standard InChI is InChI=1S/C16H18BrN3O3/c17-13-4-2-1-3-11(13)5-6-14(21)19-8-7-12(10-19)20-15(22)9-18-16(20)23/h1-4,12H,5-10H2,(H,18,23)/t12-/m0/s1. The Labute approximate surface area is 142 Å². The Morgan fingerprint density at radius 1 is 1.30 bits per heavy atom. The molecular weight excluding hydrogens is 362 g/mol. The van der Waals surface area contributed by atoms with Gasteiger partial charge in [0.1, 0.15) is 0 Å². The number of aryl methyl sites for hydroxylation is 1. The number of carbonyl (C=O) groups excluding carboxylic acids is 3. The molecule has 2 heterocycles. The first-order valence-electron chi connectivity index (χ1n) is 7.67. The molecule has 0 saturated carbocycles. The van der Waals surface area contributed by atoms with Crippen LogP contribution in [0, 0.1) is 0 Å². The van der Waals surface area contributed by atoms with Gasteiger partial charge in [0, 0.05) is 24.0 Å². The lowest BCUT2D eigenvalue weighted by molar-refractivity contribution is -0.131. The van der Waals surface area contributed by atoms with Gasteiger partial charge >= 0.3 is 6.03 Å². The van der Waals surface area contributed by atoms with E-state index in [-0.39, 0.29) is 30.4 Å². The summed E-state index contributed by atoms with van der Waals surface area (Å²) in [6.07, 6.45) is 1.75. The highest BCUT2D eigenvalue weighted by Crippen LogP contribution is 2.21. The number of halogens is 1. The van der Waals surface area contributed by atoms with E-state index in [0.29, 0.717) is 32.4 Å². The Hall–Kier alpha value is -1.89. The highest BCUT2D eigenvalue weighted by molar-refractivity contribution is 9.10. The highest BCUT2D eigenvalue weighted by Gasteiger charge is 2.39. The van der Waals surface area contributed by atoms with Crippen molar-refractivity contribution in [2.24, 2.45) is 0 Å². The second kappa shape index (κ2) is 6.70. The highest BCUT2D eigenvalue weighted by atomic mass is 79.9. The fourth-order valence-corrected chi connectivity index (χ4v) is 3.57. The van der Waals surface area contributed by atoms with Crippen LogP contribution in [0.4, 0.5) is 4.79 Å². The molecule has 0 aliphatic carbocycles. The fraction of sp³-hybridized carbons (Fsp3) is 0.438. The van der Waals surface area contributed by atoms with Crippen LogP contribution in [0.2, 0.25) is 0 Å². The summed E-state index contributed by atoms with van der Waals surface area (Å²) in [7, 11) is 0. The fourth-order valence-electron chi connectivity index (χ4n) is 3.08. The van der Waals surface area contributed by atoms with Crippen molar-refractivity contribution in [2.75, 3.05) is 19.6 Å². The van der Waals surface area contributed by atoms with E-state index >= 15 is 0 Å². The van der Waals surface area contributed by atoms with E-state index in [1.807, 2.05) is 24.3 Å². The summed E-state index contributed by atoms with van der Waals surface area (Å²) in [5.74, 6) is -0.141. The lowest BCUT2D eigenvalue weighted by Crippen LogP contribution is -2.42. The summed E-state index contributed by atoms with van der Waals surface area (Å²) in [5, 5.41) is 2.52. The normalized spacial score (nSPS) is 21.0. The van der Waals surface area contributed by atoms with Gasteiger partial charge in [-0.15, -0.1) is 0 Å². The van der Waals surface area contributed by atoms with Crippen molar-refractivity contribution in [1.29, 1.82) is 0 Å². The van der Waals surface area contributed by atoms with Gasteiger partial charge in [-0.2, -0.15) is 0 Å². The zero-order chi connectivity index (χ0) is 16.4. The van der Waals surface area contributed by atoms with Crippen molar-refractivity contribution in [1.82, 2.24) is 15.1 Å². The quantitative estimate of drug-likeness (QED) is 0.806. The van der Waals surface area contributed by atoms with Crippen molar-refractivity contribution >= 4 is 33.8 Å². The number of nitrogens with zero attached hydrogens (tertiary/aromatic N) is 2. The van der Waals surface area contributed by atoms with Crippen LogP contribution in [0.1, 0.15) is 18.4 Å². The molecule has 7 heteroatoms. The Morgan fingerprint density at radius 3 is 2.78 bits per heavy atom. The zero-order valence-corrected chi connectivity index (χ0v) is 14.2. The molecule has 23 heavy (non-hydrogen) atoms. The SMILES string of the molecule is O=C(CCc1ccccc1Br)N1CC[C@H](N2C(=O)CNC2=O)C1. The largest absolute Gasteiger partial charge is 0.341 e. The maximum atomic E-state index is 12.4. The molecule has 0 spiro atoms. The number of likely N-dealkylation sites (tertiary alicyclic amines) is 1. The molecule has 1 N–H and O–H groups in total. The lowest BCUT2D eigenvalue weighted by atomic mass is 10.1. The van der Waals surface area contributed by atoms with Crippen LogP contribution < -0.4 is 5.32 Å². The predicted molar refractivity (Wildman–Crippen MR) is 87.7 cm³/mol. The summed E-state index contributed by atoms with van der Waals surface area (Å²) in [6.45, 7) is 1.09. The summed E-state index contributed by atoms with van der Waals surface area (Å²) in [5.41, 5.74) is 1.10. The van der Waals surface area contributed by atoms with Gasteiger partial charge in [-0.25, -0.2) is 4.79 Å². The van der Waals surface area contributed by atoms with E-state index in [4.69, 9.17) is 0 Å². The summed E-state index contributed by atoms with van der Waals surface area (Å²) in [4.78, 5) is 38.8. The first kappa shape index (κ1) is 16.0. The predicted octanol–water partition coefficient (Wildman–Crippen LogP) is 1.53. The van der Waals surface area contributed by atoms with Crippen LogP contribution in [0.15, 0.2) is 28.7 Å². The van der Waals surface area contributed by atoms with Gasteiger partial charge in [-0.3, -0.25) is 14.5 Å². The van der Waals surface area contributed by atoms with Crippen LogP contribution in [0.3, 0.4) is 0 Å². The van der Waals surface area contributed by atoms with E-state index in [2.05, 4.69) is 21.2 Å². The maximum absolute atomic E-state index is 12.4. The van der Waals surface area contributed by atoms with Crippen molar-refractivity contribution in [2.45, 2.75) is 25.3 Å².